The topological polar surface area (TPSA) is 42.0 Å². The molecule has 0 saturated heterocycles. The highest BCUT2D eigenvalue weighted by molar-refractivity contribution is 8.01. The lowest BCUT2D eigenvalue weighted by atomic mass is 10.3. The number of anilines is 1. The molecule has 0 fully saturated rings. The van der Waals surface area contributed by atoms with E-state index in [4.69, 9.17) is 0 Å². The summed E-state index contributed by atoms with van der Waals surface area (Å²) in [6.45, 7) is 2.16. The fourth-order valence-corrected chi connectivity index (χ4v) is 3.35. The number of nitrogens with one attached hydrogen (secondary N) is 1. The largest absolute Gasteiger partial charge is 0.329 e. The first-order valence-corrected chi connectivity index (χ1v) is 6.87. The van der Waals surface area contributed by atoms with Gasteiger partial charge in [0.25, 0.3) is 0 Å². The van der Waals surface area contributed by atoms with E-state index in [0.717, 1.165) is 32.4 Å². The lowest BCUT2D eigenvalue weighted by Crippen LogP contribution is -1.92. The van der Waals surface area contributed by atoms with Crippen molar-refractivity contribution >= 4 is 45.4 Å². The standard InChI is InChI=1S/C11H12N2OS2/c1-2-5-15-11-13-9-4-3-8(12-7-14)6-10(9)16-11/h3-4,6-7H,2,5H2,1H3,(H,12,14). The quantitative estimate of drug-likeness (QED) is 0.655. The smallest absolute Gasteiger partial charge is 0.211 e. The molecule has 0 saturated carbocycles. The summed E-state index contributed by atoms with van der Waals surface area (Å²) in [6.07, 6.45) is 1.84. The third-order valence-electron chi connectivity index (χ3n) is 2.02. The van der Waals surface area contributed by atoms with E-state index in [-0.39, 0.29) is 0 Å². The number of carbonyl (C=O) groups is 1. The van der Waals surface area contributed by atoms with Crippen molar-refractivity contribution < 1.29 is 4.79 Å². The number of thioether (sulfide) groups is 1. The van der Waals surface area contributed by atoms with Crippen molar-refractivity contribution in [2.24, 2.45) is 0 Å². The number of amides is 1. The highest BCUT2D eigenvalue weighted by atomic mass is 32.2. The number of fused-ring (bicyclic) bond motifs is 1. The van der Waals surface area contributed by atoms with Gasteiger partial charge in [-0.1, -0.05) is 18.7 Å². The zero-order valence-electron chi connectivity index (χ0n) is 8.90. The summed E-state index contributed by atoms with van der Waals surface area (Å²) < 4.78 is 2.21. The van der Waals surface area contributed by atoms with Crippen LogP contribution in [0.2, 0.25) is 0 Å². The van der Waals surface area contributed by atoms with E-state index in [1.54, 1.807) is 23.1 Å². The first-order valence-electron chi connectivity index (χ1n) is 5.07. The Balaban J connectivity index is 2.26. The van der Waals surface area contributed by atoms with Crippen LogP contribution in [0.15, 0.2) is 22.5 Å². The number of hydrogen-bond donors (Lipinski definition) is 1. The summed E-state index contributed by atoms with van der Waals surface area (Å²) in [5, 5.41) is 2.64. The predicted molar refractivity (Wildman–Crippen MR) is 70.3 cm³/mol. The van der Waals surface area contributed by atoms with Gasteiger partial charge < -0.3 is 5.32 Å². The summed E-state index contributed by atoms with van der Waals surface area (Å²) in [5.41, 5.74) is 1.82. The highest BCUT2D eigenvalue weighted by Crippen LogP contribution is 2.31. The molecule has 16 heavy (non-hydrogen) atoms. The minimum absolute atomic E-state index is 0.689. The van der Waals surface area contributed by atoms with Crippen molar-refractivity contribution in [2.75, 3.05) is 11.1 Å². The molecule has 0 radical (unpaired) electrons. The number of carbonyl (C=O) groups excluding carboxylic acids is 1. The van der Waals surface area contributed by atoms with Crippen molar-refractivity contribution in [3.05, 3.63) is 18.2 Å². The monoisotopic (exact) mass is 252 g/mol. The van der Waals surface area contributed by atoms with Crippen molar-refractivity contribution in [3.63, 3.8) is 0 Å². The lowest BCUT2D eigenvalue weighted by molar-refractivity contribution is -0.105. The predicted octanol–water partition coefficient (Wildman–Crippen LogP) is 3.37. The third kappa shape index (κ3) is 2.54. The molecule has 84 valence electrons. The zero-order chi connectivity index (χ0) is 11.4. The Morgan fingerprint density at radius 1 is 1.56 bits per heavy atom. The Hall–Kier alpha value is -1.07. The van der Waals surface area contributed by atoms with Gasteiger partial charge in [0.15, 0.2) is 4.34 Å². The second-order valence-corrected chi connectivity index (χ2v) is 5.65. The maximum Gasteiger partial charge on any atom is 0.211 e. The molecule has 1 aromatic carbocycles. The van der Waals surface area contributed by atoms with Crippen LogP contribution >= 0.6 is 23.1 Å². The number of thiazole rings is 1. The van der Waals surface area contributed by atoms with Gasteiger partial charge in [-0.3, -0.25) is 4.79 Å². The number of hydrogen-bond acceptors (Lipinski definition) is 4. The van der Waals surface area contributed by atoms with E-state index in [0.29, 0.717) is 6.41 Å². The summed E-state index contributed by atoms with van der Waals surface area (Å²) in [6, 6.07) is 5.76. The van der Waals surface area contributed by atoms with E-state index < -0.39 is 0 Å². The van der Waals surface area contributed by atoms with E-state index in [9.17, 15) is 4.79 Å². The summed E-state index contributed by atoms with van der Waals surface area (Å²) in [5.74, 6) is 1.10. The molecule has 0 aliphatic rings. The molecule has 0 aliphatic carbocycles. The van der Waals surface area contributed by atoms with Crippen LogP contribution in [0, 0.1) is 0 Å². The SMILES string of the molecule is CCCSc1nc2ccc(NC=O)cc2s1. The second kappa shape index (κ2) is 5.32. The van der Waals surface area contributed by atoms with Crippen LogP contribution < -0.4 is 5.32 Å². The van der Waals surface area contributed by atoms with E-state index in [1.807, 2.05) is 18.2 Å². The molecular formula is C11H12N2OS2. The molecule has 0 spiro atoms. The normalized spacial score (nSPS) is 10.6. The molecule has 2 rings (SSSR count). The summed E-state index contributed by atoms with van der Waals surface area (Å²) in [7, 11) is 0. The Kier molecular flexibility index (Phi) is 3.79. The highest BCUT2D eigenvalue weighted by Gasteiger charge is 2.04. The molecule has 0 aliphatic heterocycles. The molecule has 1 aromatic heterocycles. The van der Waals surface area contributed by atoms with Crippen LogP contribution in [0.1, 0.15) is 13.3 Å². The fraction of sp³-hybridized carbons (Fsp3) is 0.273. The summed E-state index contributed by atoms with van der Waals surface area (Å²) >= 11 is 3.46. The molecule has 5 heteroatoms. The van der Waals surface area contributed by atoms with Gasteiger partial charge in [0, 0.05) is 11.4 Å². The van der Waals surface area contributed by atoms with Crippen molar-refractivity contribution in [1.29, 1.82) is 0 Å². The Morgan fingerprint density at radius 2 is 2.44 bits per heavy atom. The van der Waals surface area contributed by atoms with Crippen LogP contribution in [-0.4, -0.2) is 17.1 Å². The molecule has 3 nitrogen and oxygen atoms in total. The molecule has 0 bridgehead atoms. The second-order valence-electron chi connectivity index (χ2n) is 3.27. The van der Waals surface area contributed by atoms with Crippen molar-refractivity contribution in [3.8, 4) is 0 Å². The zero-order valence-corrected chi connectivity index (χ0v) is 10.5. The number of benzene rings is 1. The third-order valence-corrected chi connectivity index (χ3v) is 4.39. The summed E-state index contributed by atoms with van der Waals surface area (Å²) in [4.78, 5) is 14.8. The average Bonchev–Trinajstić information content (AvgIpc) is 2.68. The molecule has 1 amide bonds. The molecule has 0 unspecified atom stereocenters. The van der Waals surface area contributed by atoms with Gasteiger partial charge in [-0.2, -0.15) is 0 Å². The van der Waals surface area contributed by atoms with Gasteiger partial charge in [-0.25, -0.2) is 4.98 Å². The Bertz CT molecular complexity index is 496. The van der Waals surface area contributed by atoms with Gasteiger partial charge >= 0.3 is 0 Å². The Labute approximate surface area is 102 Å². The van der Waals surface area contributed by atoms with E-state index >= 15 is 0 Å². The molecule has 1 N–H and O–H groups in total. The molecule has 2 aromatic rings. The number of rotatable bonds is 5. The minimum atomic E-state index is 0.689. The Morgan fingerprint density at radius 3 is 3.19 bits per heavy atom. The van der Waals surface area contributed by atoms with Crippen LogP contribution in [0.3, 0.4) is 0 Å². The molecule has 1 heterocycles. The molecule has 0 atom stereocenters. The maximum absolute atomic E-state index is 10.3. The average molecular weight is 252 g/mol. The van der Waals surface area contributed by atoms with Crippen LogP contribution in [0.5, 0.6) is 0 Å². The van der Waals surface area contributed by atoms with Crippen molar-refractivity contribution in [1.82, 2.24) is 4.98 Å². The fourth-order valence-electron chi connectivity index (χ4n) is 1.31. The van der Waals surface area contributed by atoms with Gasteiger partial charge in [0.2, 0.25) is 6.41 Å². The number of aromatic nitrogens is 1. The lowest BCUT2D eigenvalue weighted by Gasteiger charge is -1.95. The van der Waals surface area contributed by atoms with Crippen LogP contribution in [-0.2, 0) is 4.79 Å². The van der Waals surface area contributed by atoms with Crippen molar-refractivity contribution in [2.45, 2.75) is 17.7 Å². The van der Waals surface area contributed by atoms with Gasteiger partial charge in [0.05, 0.1) is 10.2 Å². The van der Waals surface area contributed by atoms with Gasteiger partial charge in [-0.05, 0) is 24.6 Å². The molecular weight excluding hydrogens is 240 g/mol. The van der Waals surface area contributed by atoms with E-state index in [2.05, 4.69) is 17.2 Å². The minimum Gasteiger partial charge on any atom is -0.329 e. The van der Waals surface area contributed by atoms with E-state index in [1.165, 1.54) is 0 Å². The van der Waals surface area contributed by atoms with Crippen LogP contribution in [0.25, 0.3) is 10.2 Å². The first kappa shape index (κ1) is 11.4. The van der Waals surface area contributed by atoms with Gasteiger partial charge in [-0.15, -0.1) is 11.3 Å². The van der Waals surface area contributed by atoms with Gasteiger partial charge in [0.1, 0.15) is 0 Å². The number of nitrogens with zero attached hydrogens (tertiary/aromatic N) is 1. The maximum atomic E-state index is 10.3. The first-order chi connectivity index (χ1) is 7.83. The van der Waals surface area contributed by atoms with Crippen LogP contribution in [0.4, 0.5) is 5.69 Å².